The molecular formula is C9H16O2. The molecular weight excluding hydrogens is 140 g/mol. The fourth-order valence-corrected chi connectivity index (χ4v) is 1.51. The van der Waals surface area contributed by atoms with Gasteiger partial charge in [-0.25, -0.2) is 0 Å². The van der Waals surface area contributed by atoms with Gasteiger partial charge in [-0.2, -0.15) is 0 Å². The van der Waals surface area contributed by atoms with Crippen molar-refractivity contribution in [1.82, 2.24) is 0 Å². The van der Waals surface area contributed by atoms with E-state index in [0.29, 0.717) is 0 Å². The van der Waals surface area contributed by atoms with Crippen LogP contribution in [0.25, 0.3) is 0 Å². The Balaban J connectivity index is 2.46. The molecule has 0 saturated carbocycles. The Morgan fingerprint density at radius 2 is 2.09 bits per heavy atom. The highest BCUT2D eigenvalue weighted by Gasteiger charge is 2.19. The van der Waals surface area contributed by atoms with Crippen LogP contribution in [0.15, 0.2) is 11.6 Å². The highest BCUT2D eigenvalue weighted by Crippen LogP contribution is 2.27. The van der Waals surface area contributed by atoms with Gasteiger partial charge in [-0.3, -0.25) is 0 Å². The molecule has 0 radical (unpaired) electrons. The largest absolute Gasteiger partial charge is 0.352 e. The van der Waals surface area contributed by atoms with Crippen LogP contribution < -0.4 is 0 Å². The molecule has 2 heteroatoms. The predicted molar refractivity (Wildman–Crippen MR) is 44.3 cm³/mol. The quantitative estimate of drug-likeness (QED) is 0.459. The molecule has 0 saturated heterocycles. The first-order valence-electron chi connectivity index (χ1n) is 4.02. The first kappa shape index (κ1) is 8.75. The Bertz CT molecular complexity index is 148. The molecule has 1 aliphatic rings. The molecule has 1 rings (SSSR count). The zero-order valence-corrected chi connectivity index (χ0v) is 7.46. The van der Waals surface area contributed by atoms with Crippen LogP contribution in [0.3, 0.4) is 0 Å². The Kier molecular flexibility index (Phi) is 3.09. The number of allylic oxidation sites excluding steroid dienone is 1. The van der Waals surface area contributed by atoms with E-state index in [2.05, 4.69) is 13.0 Å². The molecule has 11 heavy (non-hydrogen) atoms. The summed E-state index contributed by atoms with van der Waals surface area (Å²) in [7, 11) is 3.36. The molecule has 0 aromatic rings. The van der Waals surface area contributed by atoms with Crippen LogP contribution in [0, 0.1) is 5.92 Å². The van der Waals surface area contributed by atoms with Crippen molar-refractivity contribution >= 4 is 0 Å². The number of methoxy groups -OCH3 is 2. The maximum atomic E-state index is 5.14. The lowest BCUT2D eigenvalue weighted by Crippen LogP contribution is -2.15. The molecule has 64 valence electrons. The van der Waals surface area contributed by atoms with Crippen LogP contribution in [0.4, 0.5) is 0 Å². The number of rotatable bonds is 3. The van der Waals surface area contributed by atoms with E-state index in [4.69, 9.17) is 9.47 Å². The molecule has 0 aromatic heterocycles. The summed E-state index contributed by atoms with van der Waals surface area (Å²) in [5, 5.41) is 0. The summed E-state index contributed by atoms with van der Waals surface area (Å²) in [5.41, 5.74) is 1.29. The summed E-state index contributed by atoms with van der Waals surface area (Å²) >= 11 is 0. The van der Waals surface area contributed by atoms with Crippen molar-refractivity contribution in [2.45, 2.75) is 26.1 Å². The van der Waals surface area contributed by atoms with Gasteiger partial charge in [0.05, 0.1) is 0 Å². The minimum atomic E-state index is -0.111. The Morgan fingerprint density at radius 1 is 1.45 bits per heavy atom. The van der Waals surface area contributed by atoms with Crippen molar-refractivity contribution in [2.75, 3.05) is 14.2 Å². The third-order valence-corrected chi connectivity index (χ3v) is 2.10. The van der Waals surface area contributed by atoms with Gasteiger partial charge in [0.25, 0.3) is 0 Å². The fourth-order valence-electron chi connectivity index (χ4n) is 1.51. The standard InChI is InChI=1S/C9H16O2/c1-7-4-5-8(6-7)9(10-2)11-3/h5,7,9H,4,6H2,1-3H3. The van der Waals surface area contributed by atoms with Gasteiger partial charge in [-0.15, -0.1) is 0 Å². The lowest BCUT2D eigenvalue weighted by molar-refractivity contribution is -0.0764. The van der Waals surface area contributed by atoms with E-state index < -0.39 is 0 Å². The summed E-state index contributed by atoms with van der Waals surface area (Å²) in [4.78, 5) is 0. The molecule has 0 aliphatic heterocycles. The van der Waals surface area contributed by atoms with Gasteiger partial charge < -0.3 is 9.47 Å². The summed E-state index contributed by atoms with van der Waals surface area (Å²) in [6, 6.07) is 0. The van der Waals surface area contributed by atoms with Crippen molar-refractivity contribution in [3.05, 3.63) is 11.6 Å². The van der Waals surface area contributed by atoms with Gasteiger partial charge in [-0.1, -0.05) is 13.0 Å². The molecule has 2 nitrogen and oxygen atoms in total. The van der Waals surface area contributed by atoms with E-state index in [0.717, 1.165) is 12.3 Å². The fraction of sp³-hybridized carbons (Fsp3) is 0.778. The lowest BCUT2D eigenvalue weighted by Gasteiger charge is -2.14. The third-order valence-electron chi connectivity index (χ3n) is 2.10. The SMILES string of the molecule is COC(OC)C1=CCC(C)C1. The van der Waals surface area contributed by atoms with Gasteiger partial charge in [0.1, 0.15) is 0 Å². The summed E-state index contributed by atoms with van der Waals surface area (Å²) < 4.78 is 10.3. The Morgan fingerprint density at radius 3 is 2.45 bits per heavy atom. The lowest BCUT2D eigenvalue weighted by atomic mass is 10.1. The summed E-state index contributed by atoms with van der Waals surface area (Å²) in [6.07, 6.45) is 4.40. The van der Waals surface area contributed by atoms with Crippen molar-refractivity contribution in [2.24, 2.45) is 5.92 Å². The van der Waals surface area contributed by atoms with Crippen molar-refractivity contribution in [3.8, 4) is 0 Å². The van der Waals surface area contributed by atoms with Crippen molar-refractivity contribution < 1.29 is 9.47 Å². The first-order valence-corrected chi connectivity index (χ1v) is 4.02. The molecule has 0 aromatic carbocycles. The van der Waals surface area contributed by atoms with E-state index >= 15 is 0 Å². The smallest absolute Gasteiger partial charge is 0.179 e. The maximum Gasteiger partial charge on any atom is 0.179 e. The molecule has 1 atom stereocenters. The topological polar surface area (TPSA) is 18.5 Å². The van der Waals surface area contributed by atoms with Crippen LogP contribution >= 0.6 is 0 Å². The zero-order chi connectivity index (χ0) is 8.27. The van der Waals surface area contributed by atoms with Gasteiger partial charge in [0.2, 0.25) is 0 Å². The normalized spacial score (nSPS) is 24.4. The van der Waals surface area contributed by atoms with Crippen LogP contribution in [-0.2, 0) is 9.47 Å². The number of hydrogen-bond donors (Lipinski definition) is 0. The Labute approximate surface area is 68.2 Å². The average molecular weight is 156 g/mol. The van der Waals surface area contributed by atoms with E-state index in [1.54, 1.807) is 14.2 Å². The number of hydrogen-bond acceptors (Lipinski definition) is 2. The van der Waals surface area contributed by atoms with Crippen LogP contribution in [0.1, 0.15) is 19.8 Å². The van der Waals surface area contributed by atoms with Crippen LogP contribution in [-0.4, -0.2) is 20.5 Å². The highest BCUT2D eigenvalue weighted by atomic mass is 16.7. The van der Waals surface area contributed by atoms with Crippen molar-refractivity contribution in [3.63, 3.8) is 0 Å². The highest BCUT2D eigenvalue weighted by molar-refractivity contribution is 5.12. The van der Waals surface area contributed by atoms with E-state index in [-0.39, 0.29) is 6.29 Å². The first-order chi connectivity index (χ1) is 5.27. The predicted octanol–water partition coefficient (Wildman–Crippen LogP) is 1.96. The second-order valence-electron chi connectivity index (χ2n) is 3.13. The molecule has 0 spiro atoms. The molecule has 0 amide bonds. The summed E-state index contributed by atoms with van der Waals surface area (Å²) in [6.45, 7) is 2.24. The monoisotopic (exact) mass is 156 g/mol. The minimum Gasteiger partial charge on any atom is -0.352 e. The minimum absolute atomic E-state index is 0.111. The molecule has 1 aliphatic carbocycles. The van der Waals surface area contributed by atoms with Crippen LogP contribution in [0.2, 0.25) is 0 Å². The molecule has 0 heterocycles. The van der Waals surface area contributed by atoms with Gasteiger partial charge in [-0.05, 0) is 24.3 Å². The molecule has 0 N–H and O–H groups in total. The molecule has 0 bridgehead atoms. The average Bonchev–Trinajstić information content (AvgIpc) is 2.39. The summed E-state index contributed by atoms with van der Waals surface area (Å²) in [5.74, 6) is 0.762. The van der Waals surface area contributed by atoms with Gasteiger partial charge in [0, 0.05) is 14.2 Å². The third kappa shape index (κ3) is 2.04. The van der Waals surface area contributed by atoms with E-state index in [1.165, 1.54) is 12.0 Å². The van der Waals surface area contributed by atoms with Gasteiger partial charge >= 0.3 is 0 Å². The zero-order valence-electron chi connectivity index (χ0n) is 7.46. The number of ether oxygens (including phenoxy) is 2. The second-order valence-corrected chi connectivity index (χ2v) is 3.13. The maximum absolute atomic E-state index is 5.14. The van der Waals surface area contributed by atoms with Gasteiger partial charge in [0.15, 0.2) is 6.29 Å². The van der Waals surface area contributed by atoms with E-state index in [9.17, 15) is 0 Å². The molecule has 0 fully saturated rings. The van der Waals surface area contributed by atoms with Crippen LogP contribution in [0.5, 0.6) is 0 Å². The Hall–Kier alpha value is -0.340. The van der Waals surface area contributed by atoms with E-state index in [1.807, 2.05) is 0 Å². The molecule has 1 unspecified atom stereocenters. The van der Waals surface area contributed by atoms with Crippen molar-refractivity contribution in [1.29, 1.82) is 0 Å². The second kappa shape index (κ2) is 3.88.